The predicted molar refractivity (Wildman–Crippen MR) is 74.8 cm³/mol. The van der Waals surface area contributed by atoms with Gasteiger partial charge in [0.25, 0.3) is 0 Å². The lowest BCUT2D eigenvalue weighted by atomic mass is 10.2. The van der Waals surface area contributed by atoms with Crippen LogP contribution in [0.15, 0.2) is 34.3 Å². The largest absolute Gasteiger partial charge is 0.481 e. The Kier molecular flexibility index (Phi) is 4.94. The number of aromatic nitrogens is 3. The maximum Gasteiger partial charge on any atom is 0.323 e. The van der Waals surface area contributed by atoms with E-state index in [4.69, 9.17) is 14.6 Å². The maximum atomic E-state index is 10.6. The molecule has 1 aromatic heterocycles. The fraction of sp³-hybridized carbons (Fsp3) is 0.231. The van der Waals surface area contributed by atoms with Gasteiger partial charge >= 0.3 is 18.0 Å². The average molecular weight is 307 g/mol. The molecule has 8 heteroatoms. The molecule has 2 aromatic rings. The summed E-state index contributed by atoms with van der Waals surface area (Å²) in [5.74, 6) is -0.859. The summed E-state index contributed by atoms with van der Waals surface area (Å²) in [6.45, 7) is 0. The highest BCUT2D eigenvalue weighted by Gasteiger charge is 2.09. The van der Waals surface area contributed by atoms with Gasteiger partial charge in [0.05, 0.1) is 20.6 Å². The van der Waals surface area contributed by atoms with Gasteiger partial charge in [0, 0.05) is 4.90 Å². The van der Waals surface area contributed by atoms with E-state index in [0.717, 1.165) is 10.5 Å². The van der Waals surface area contributed by atoms with Gasteiger partial charge in [-0.15, -0.1) is 4.98 Å². The van der Waals surface area contributed by atoms with Crippen molar-refractivity contribution < 1.29 is 19.4 Å². The first-order valence-corrected chi connectivity index (χ1v) is 6.75. The van der Waals surface area contributed by atoms with Crippen LogP contribution in [-0.4, -0.2) is 40.2 Å². The smallest absolute Gasteiger partial charge is 0.323 e. The first-order valence-electron chi connectivity index (χ1n) is 5.93. The summed E-state index contributed by atoms with van der Waals surface area (Å²) in [5, 5.41) is 9.16. The normalized spacial score (nSPS) is 10.2. The first-order chi connectivity index (χ1) is 10.1. The Hall–Kier alpha value is -2.35. The van der Waals surface area contributed by atoms with Crippen LogP contribution in [0.25, 0.3) is 0 Å². The van der Waals surface area contributed by atoms with Crippen molar-refractivity contribution in [2.45, 2.75) is 16.5 Å². The number of ether oxygens (including phenoxy) is 2. The monoisotopic (exact) mass is 307 g/mol. The number of carbonyl (C=O) groups is 1. The molecule has 0 radical (unpaired) electrons. The number of hydrogen-bond donors (Lipinski definition) is 1. The molecule has 0 spiro atoms. The highest BCUT2D eigenvalue weighted by atomic mass is 32.2. The quantitative estimate of drug-likeness (QED) is 0.861. The van der Waals surface area contributed by atoms with E-state index in [1.54, 1.807) is 12.1 Å². The van der Waals surface area contributed by atoms with E-state index >= 15 is 0 Å². The van der Waals surface area contributed by atoms with Crippen molar-refractivity contribution in [1.82, 2.24) is 15.0 Å². The summed E-state index contributed by atoms with van der Waals surface area (Å²) >= 11 is 1.30. The lowest BCUT2D eigenvalue weighted by molar-refractivity contribution is -0.136. The molecule has 0 unspecified atom stereocenters. The Morgan fingerprint density at radius 2 is 1.67 bits per heavy atom. The van der Waals surface area contributed by atoms with Crippen molar-refractivity contribution >= 4 is 17.7 Å². The van der Waals surface area contributed by atoms with E-state index in [0.29, 0.717) is 5.16 Å². The maximum absolute atomic E-state index is 10.6. The average Bonchev–Trinajstić information content (AvgIpc) is 2.48. The third-order valence-electron chi connectivity index (χ3n) is 2.43. The summed E-state index contributed by atoms with van der Waals surface area (Å²) in [6, 6.07) is 7.48. The Balaban J connectivity index is 2.15. The number of carboxylic acid groups (broad SMARTS) is 1. The Bertz CT molecular complexity index is 612. The zero-order valence-corrected chi connectivity index (χ0v) is 12.3. The summed E-state index contributed by atoms with van der Waals surface area (Å²) < 4.78 is 9.95. The van der Waals surface area contributed by atoms with E-state index < -0.39 is 5.97 Å². The molecule has 0 aliphatic heterocycles. The van der Waals surface area contributed by atoms with Crippen LogP contribution >= 0.6 is 11.8 Å². The minimum atomic E-state index is -0.859. The number of aliphatic carboxylic acids is 1. The third kappa shape index (κ3) is 4.32. The highest BCUT2D eigenvalue weighted by Crippen LogP contribution is 2.27. The molecule has 2 rings (SSSR count). The van der Waals surface area contributed by atoms with Gasteiger partial charge in [-0.25, -0.2) is 0 Å². The van der Waals surface area contributed by atoms with Crippen LogP contribution in [0.4, 0.5) is 0 Å². The van der Waals surface area contributed by atoms with Crippen LogP contribution < -0.4 is 9.47 Å². The van der Waals surface area contributed by atoms with E-state index in [1.807, 2.05) is 12.1 Å². The molecule has 0 atom stereocenters. The molecule has 0 saturated carbocycles. The number of methoxy groups -OCH3 is 2. The molecule has 1 heterocycles. The van der Waals surface area contributed by atoms with Gasteiger partial charge in [0.2, 0.25) is 5.16 Å². The van der Waals surface area contributed by atoms with Crippen molar-refractivity contribution in [2.24, 2.45) is 0 Å². The van der Waals surface area contributed by atoms with Crippen LogP contribution in [0.5, 0.6) is 12.0 Å². The molecule has 1 aromatic carbocycles. The Morgan fingerprint density at radius 1 is 1.10 bits per heavy atom. The molecule has 0 aliphatic carbocycles. The molecule has 0 amide bonds. The molecule has 0 bridgehead atoms. The van der Waals surface area contributed by atoms with Gasteiger partial charge in [0.1, 0.15) is 0 Å². The summed E-state index contributed by atoms with van der Waals surface area (Å²) in [5.41, 5.74) is 0.734. The van der Waals surface area contributed by atoms with Crippen molar-refractivity contribution in [3.05, 3.63) is 29.8 Å². The van der Waals surface area contributed by atoms with E-state index in [1.165, 1.54) is 26.0 Å². The molecule has 0 aliphatic rings. The minimum absolute atomic E-state index is 0.00164. The second-order valence-electron chi connectivity index (χ2n) is 3.91. The van der Waals surface area contributed by atoms with Gasteiger partial charge in [-0.1, -0.05) is 12.1 Å². The lowest BCUT2D eigenvalue weighted by Crippen LogP contribution is -2.00. The SMILES string of the molecule is COc1nc(OC)nc(Sc2ccc(CC(=O)O)cc2)n1. The Labute approximate surface area is 125 Å². The number of carboxylic acids is 1. The van der Waals surface area contributed by atoms with E-state index in [-0.39, 0.29) is 18.4 Å². The number of benzene rings is 1. The van der Waals surface area contributed by atoms with E-state index in [9.17, 15) is 4.79 Å². The van der Waals surface area contributed by atoms with Gasteiger partial charge in [0.15, 0.2) is 0 Å². The zero-order valence-electron chi connectivity index (χ0n) is 11.4. The van der Waals surface area contributed by atoms with Crippen LogP contribution in [0, 0.1) is 0 Å². The fourth-order valence-electron chi connectivity index (χ4n) is 1.50. The van der Waals surface area contributed by atoms with Crippen molar-refractivity contribution in [3.8, 4) is 12.0 Å². The molecular formula is C13H13N3O4S. The highest BCUT2D eigenvalue weighted by molar-refractivity contribution is 7.99. The summed E-state index contributed by atoms with van der Waals surface area (Å²) in [6.07, 6.45) is -0.00164. The van der Waals surface area contributed by atoms with E-state index in [2.05, 4.69) is 15.0 Å². The number of hydrogen-bond acceptors (Lipinski definition) is 7. The Morgan fingerprint density at radius 3 is 2.14 bits per heavy atom. The van der Waals surface area contributed by atoms with Gasteiger partial charge in [-0.05, 0) is 29.5 Å². The molecule has 0 fully saturated rings. The minimum Gasteiger partial charge on any atom is -0.481 e. The summed E-state index contributed by atoms with van der Waals surface area (Å²) in [7, 11) is 2.92. The second-order valence-corrected chi connectivity index (χ2v) is 4.95. The molecule has 110 valence electrons. The van der Waals surface area contributed by atoms with Crippen LogP contribution in [0.1, 0.15) is 5.56 Å². The first kappa shape index (κ1) is 15.0. The number of rotatable bonds is 6. The van der Waals surface area contributed by atoms with Crippen molar-refractivity contribution in [2.75, 3.05) is 14.2 Å². The fourth-order valence-corrected chi connectivity index (χ4v) is 2.23. The molecule has 0 saturated heterocycles. The lowest BCUT2D eigenvalue weighted by Gasteiger charge is -2.05. The van der Waals surface area contributed by atoms with Gasteiger partial charge in [-0.3, -0.25) is 4.79 Å². The van der Waals surface area contributed by atoms with Crippen molar-refractivity contribution in [3.63, 3.8) is 0 Å². The van der Waals surface area contributed by atoms with Crippen molar-refractivity contribution in [1.29, 1.82) is 0 Å². The molecular weight excluding hydrogens is 294 g/mol. The zero-order chi connectivity index (χ0) is 15.2. The standard InChI is InChI=1S/C13H13N3O4S/c1-19-11-14-12(20-2)16-13(15-11)21-9-5-3-8(4-6-9)7-10(17)18/h3-6H,7H2,1-2H3,(H,17,18). The van der Waals surface area contributed by atoms with Crippen LogP contribution in [0.3, 0.4) is 0 Å². The van der Waals surface area contributed by atoms with Gasteiger partial charge < -0.3 is 14.6 Å². The predicted octanol–water partition coefficient (Wildman–Crippen LogP) is 1.67. The topological polar surface area (TPSA) is 94.4 Å². The molecule has 7 nitrogen and oxygen atoms in total. The van der Waals surface area contributed by atoms with Gasteiger partial charge in [-0.2, -0.15) is 9.97 Å². The van der Waals surface area contributed by atoms with Crippen LogP contribution in [-0.2, 0) is 11.2 Å². The molecule has 1 N–H and O–H groups in total. The third-order valence-corrected chi connectivity index (χ3v) is 3.30. The number of nitrogens with zero attached hydrogens (tertiary/aromatic N) is 3. The van der Waals surface area contributed by atoms with Crippen LogP contribution in [0.2, 0.25) is 0 Å². The molecule has 21 heavy (non-hydrogen) atoms. The second kappa shape index (κ2) is 6.89. The summed E-state index contributed by atoms with van der Waals surface area (Å²) in [4.78, 5) is 23.6.